The monoisotopic (exact) mass is 290 g/mol. The van der Waals surface area contributed by atoms with E-state index >= 15 is 0 Å². The van der Waals surface area contributed by atoms with Gasteiger partial charge in [0.2, 0.25) is 5.91 Å². The molecule has 0 aromatic heterocycles. The van der Waals surface area contributed by atoms with E-state index in [1.165, 1.54) is 11.1 Å². The predicted octanol–water partition coefficient (Wildman–Crippen LogP) is 2.27. The summed E-state index contributed by atoms with van der Waals surface area (Å²) in [4.78, 5) is 14.0. The highest BCUT2D eigenvalue weighted by molar-refractivity contribution is 5.76. The minimum Gasteiger partial charge on any atom is -0.494 e. The van der Waals surface area contributed by atoms with Crippen LogP contribution in [0.5, 0.6) is 5.75 Å². The quantitative estimate of drug-likeness (QED) is 0.818. The number of ether oxygens (including phenoxy) is 1. The molecule has 4 nitrogen and oxygen atoms in total. The third-order valence-corrected chi connectivity index (χ3v) is 4.25. The minimum absolute atomic E-state index is 0.231. The van der Waals surface area contributed by atoms with Gasteiger partial charge in [-0.25, -0.2) is 0 Å². The maximum atomic E-state index is 12.0. The molecule has 1 heterocycles. The number of likely N-dealkylation sites (tertiary alicyclic amines) is 1. The molecule has 1 fully saturated rings. The van der Waals surface area contributed by atoms with E-state index in [2.05, 4.69) is 19.9 Å². The van der Waals surface area contributed by atoms with Crippen molar-refractivity contribution >= 4 is 5.91 Å². The molecule has 1 saturated heterocycles. The first-order valence-corrected chi connectivity index (χ1v) is 7.78. The summed E-state index contributed by atoms with van der Waals surface area (Å²) >= 11 is 0. The van der Waals surface area contributed by atoms with Crippen LogP contribution < -0.4 is 10.5 Å². The van der Waals surface area contributed by atoms with Gasteiger partial charge in [0.1, 0.15) is 5.75 Å². The SMILES string of the molecule is Cc1ccc(OCCCC(=O)N2CCC(CN)C2)cc1C. The summed E-state index contributed by atoms with van der Waals surface area (Å²) in [6, 6.07) is 6.09. The van der Waals surface area contributed by atoms with Crippen molar-refractivity contribution in [2.75, 3.05) is 26.2 Å². The first-order valence-electron chi connectivity index (χ1n) is 7.78. The van der Waals surface area contributed by atoms with E-state index in [-0.39, 0.29) is 5.91 Å². The van der Waals surface area contributed by atoms with Crippen LogP contribution in [-0.2, 0) is 4.79 Å². The molecule has 21 heavy (non-hydrogen) atoms. The summed E-state index contributed by atoms with van der Waals surface area (Å²) < 4.78 is 5.71. The van der Waals surface area contributed by atoms with E-state index in [1.54, 1.807) is 0 Å². The van der Waals surface area contributed by atoms with Crippen LogP contribution in [0, 0.1) is 19.8 Å². The Kier molecular flexibility index (Phi) is 5.62. The standard InChI is InChI=1S/C17H26N2O2/c1-13-5-6-16(10-14(13)2)21-9-3-4-17(20)19-8-7-15(11-18)12-19/h5-6,10,15H,3-4,7-9,11-12,18H2,1-2H3. The fourth-order valence-corrected chi connectivity index (χ4v) is 2.63. The van der Waals surface area contributed by atoms with Gasteiger partial charge >= 0.3 is 0 Å². The second-order valence-corrected chi connectivity index (χ2v) is 5.93. The molecule has 0 radical (unpaired) electrons. The van der Waals surface area contributed by atoms with Crippen molar-refractivity contribution in [1.82, 2.24) is 4.90 Å². The van der Waals surface area contributed by atoms with Crippen LogP contribution in [0.1, 0.15) is 30.4 Å². The van der Waals surface area contributed by atoms with Crippen LogP contribution in [0.3, 0.4) is 0 Å². The first kappa shape index (κ1) is 15.8. The number of amides is 1. The lowest BCUT2D eigenvalue weighted by molar-refractivity contribution is -0.130. The van der Waals surface area contributed by atoms with E-state index in [9.17, 15) is 4.79 Å². The van der Waals surface area contributed by atoms with Gasteiger partial charge in [-0.05, 0) is 62.4 Å². The normalized spacial score (nSPS) is 18.0. The van der Waals surface area contributed by atoms with Gasteiger partial charge in [0.15, 0.2) is 0 Å². The Labute approximate surface area is 127 Å². The maximum absolute atomic E-state index is 12.0. The lowest BCUT2D eigenvalue weighted by Gasteiger charge is -2.16. The molecule has 1 aromatic rings. The number of nitrogens with two attached hydrogens (primary N) is 1. The number of carbonyl (C=O) groups excluding carboxylic acids is 1. The predicted molar refractivity (Wildman–Crippen MR) is 84.4 cm³/mol. The van der Waals surface area contributed by atoms with E-state index in [4.69, 9.17) is 10.5 Å². The number of nitrogens with zero attached hydrogens (tertiary/aromatic N) is 1. The Hall–Kier alpha value is -1.55. The van der Waals surface area contributed by atoms with Crippen molar-refractivity contribution in [3.05, 3.63) is 29.3 Å². The molecule has 1 aliphatic rings. The maximum Gasteiger partial charge on any atom is 0.222 e. The average molecular weight is 290 g/mol. The molecule has 1 aliphatic heterocycles. The topological polar surface area (TPSA) is 55.6 Å². The second kappa shape index (κ2) is 7.46. The first-order chi connectivity index (χ1) is 10.1. The summed E-state index contributed by atoms with van der Waals surface area (Å²) in [5.41, 5.74) is 8.14. The Morgan fingerprint density at radius 1 is 1.38 bits per heavy atom. The van der Waals surface area contributed by atoms with E-state index < -0.39 is 0 Å². The number of carbonyl (C=O) groups is 1. The molecule has 1 amide bonds. The van der Waals surface area contributed by atoms with Gasteiger partial charge in [-0.1, -0.05) is 6.07 Å². The van der Waals surface area contributed by atoms with Crippen molar-refractivity contribution in [2.24, 2.45) is 11.7 Å². The van der Waals surface area contributed by atoms with Gasteiger partial charge in [0.05, 0.1) is 6.61 Å². The molecular formula is C17H26N2O2. The number of hydrogen-bond acceptors (Lipinski definition) is 3. The van der Waals surface area contributed by atoms with Crippen molar-refractivity contribution < 1.29 is 9.53 Å². The Morgan fingerprint density at radius 3 is 2.86 bits per heavy atom. The Balaban J connectivity index is 1.67. The van der Waals surface area contributed by atoms with Crippen molar-refractivity contribution in [1.29, 1.82) is 0 Å². The average Bonchev–Trinajstić information content (AvgIpc) is 2.96. The van der Waals surface area contributed by atoms with Crippen molar-refractivity contribution in [2.45, 2.75) is 33.1 Å². The molecule has 0 bridgehead atoms. The van der Waals surface area contributed by atoms with Crippen molar-refractivity contribution in [3.63, 3.8) is 0 Å². The van der Waals surface area contributed by atoms with Gasteiger partial charge in [0, 0.05) is 19.5 Å². The molecule has 0 spiro atoms. The molecule has 0 aliphatic carbocycles. The van der Waals surface area contributed by atoms with Gasteiger partial charge < -0.3 is 15.4 Å². The Morgan fingerprint density at radius 2 is 2.19 bits per heavy atom. The van der Waals surface area contributed by atoms with Crippen LogP contribution >= 0.6 is 0 Å². The number of benzene rings is 1. The highest BCUT2D eigenvalue weighted by atomic mass is 16.5. The Bertz CT molecular complexity index is 488. The van der Waals surface area contributed by atoms with Crippen molar-refractivity contribution in [3.8, 4) is 5.75 Å². The largest absolute Gasteiger partial charge is 0.494 e. The lowest BCUT2D eigenvalue weighted by atomic mass is 10.1. The zero-order chi connectivity index (χ0) is 15.2. The third-order valence-electron chi connectivity index (χ3n) is 4.25. The van der Waals surface area contributed by atoms with Crippen LogP contribution in [0.15, 0.2) is 18.2 Å². The summed E-state index contributed by atoms with van der Waals surface area (Å²) in [5.74, 6) is 1.60. The fraction of sp³-hybridized carbons (Fsp3) is 0.588. The van der Waals surface area contributed by atoms with Gasteiger partial charge in [-0.2, -0.15) is 0 Å². The highest BCUT2D eigenvalue weighted by Crippen LogP contribution is 2.18. The third kappa shape index (κ3) is 4.46. The van der Waals surface area contributed by atoms with Crippen LogP contribution in [0.2, 0.25) is 0 Å². The smallest absolute Gasteiger partial charge is 0.222 e. The zero-order valence-electron chi connectivity index (χ0n) is 13.1. The van der Waals surface area contributed by atoms with Gasteiger partial charge in [-0.15, -0.1) is 0 Å². The molecule has 2 N–H and O–H groups in total. The highest BCUT2D eigenvalue weighted by Gasteiger charge is 2.24. The molecule has 1 unspecified atom stereocenters. The lowest BCUT2D eigenvalue weighted by Crippen LogP contribution is -2.29. The molecule has 1 aromatic carbocycles. The number of rotatable bonds is 6. The number of hydrogen-bond donors (Lipinski definition) is 1. The summed E-state index contributed by atoms with van der Waals surface area (Å²) in [6.07, 6.45) is 2.36. The minimum atomic E-state index is 0.231. The van der Waals surface area contributed by atoms with E-state index in [0.29, 0.717) is 25.5 Å². The molecule has 116 valence electrons. The van der Waals surface area contributed by atoms with Gasteiger partial charge in [-0.3, -0.25) is 4.79 Å². The number of aryl methyl sites for hydroxylation is 2. The fourth-order valence-electron chi connectivity index (χ4n) is 2.63. The molecule has 0 saturated carbocycles. The van der Waals surface area contributed by atoms with E-state index in [1.807, 2.05) is 17.0 Å². The molecule has 1 atom stereocenters. The second-order valence-electron chi connectivity index (χ2n) is 5.93. The zero-order valence-corrected chi connectivity index (χ0v) is 13.1. The summed E-state index contributed by atoms with van der Waals surface area (Å²) in [5, 5.41) is 0. The van der Waals surface area contributed by atoms with E-state index in [0.717, 1.165) is 31.7 Å². The van der Waals surface area contributed by atoms with Crippen LogP contribution in [0.25, 0.3) is 0 Å². The summed E-state index contributed by atoms with van der Waals surface area (Å²) in [6.45, 7) is 7.11. The molecule has 2 rings (SSSR count). The van der Waals surface area contributed by atoms with Crippen LogP contribution in [-0.4, -0.2) is 37.0 Å². The molecule has 4 heteroatoms. The van der Waals surface area contributed by atoms with Gasteiger partial charge in [0.25, 0.3) is 0 Å². The van der Waals surface area contributed by atoms with Crippen LogP contribution in [0.4, 0.5) is 0 Å². The molecular weight excluding hydrogens is 264 g/mol. The summed E-state index contributed by atoms with van der Waals surface area (Å²) in [7, 11) is 0.